The largest absolute Gasteiger partial charge is 0.334 e. The van der Waals surface area contributed by atoms with Crippen LogP contribution in [0, 0.1) is 0 Å². The van der Waals surface area contributed by atoms with Gasteiger partial charge in [-0.25, -0.2) is 4.98 Å². The maximum absolute atomic E-state index is 12.2. The molecule has 6 heteroatoms. The van der Waals surface area contributed by atoms with E-state index in [9.17, 15) is 4.79 Å². The lowest BCUT2D eigenvalue weighted by atomic mass is 10.2. The average molecular weight is 310 g/mol. The fraction of sp³-hybridized carbons (Fsp3) is 0.125. The second kappa shape index (κ2) is 6.44. The molecule has 110 valence electrons. The quantitative estimate of drug-likeness (QED) is 0.743. The number of amides is 1. The summed E-state index contributed by atoms with van der Waals surface area (Å²) in [6.45, 7) is 0.443. The lowest BCUT2D eigenvalue weighted by Crippen LogP contribution is -2.27. The van der Waals surface area contributed by atoms with Crippen LogP contribution in [0.25, 0.3) is 10.6 Å². The van der Waals surface area contributed by atoms with Gasteiger partial charge in [-0.05, 0) is 12.1 Å². The first-order valence-electron chi connectivity index (χ1n) is 6.77. The molecule has 0 atom stereocenters. The number of hydrogen-bond acceptors (Lipinski definition) is 5. The Bertz CT molecular complexity index is 758. The minimum Gasteiger partial charge on any atom is -0.334 e. The molecule has 0 N–H and O–H groups in total. The number of carbonyl (C=O) groups excluding carboxylic acids is 1. The number of carbonyl (C=O) groups is 1. The Labute approximate surface area is 132 Å². The van der Waals surface area contributed by atoms with Gasteiger partial charge in [-0.3, -0.25) is 4.79 Å². The van der Waals surface area contributed by atoms with Crippen LogP contribution in [0.3, 0.4) is 0 Å². The fourth-order valence-electron chi connectivity index (χ4n) is 2.02. The van der Waals surface area contributed by atoms with Crippen LogP contribution in [0.2, 0.25) is 0 Å². The average Bonchev–Trinajstić information content (AvgIpc) is 3.04. The van der Waals surface area contributed by atoms with Gasteiger partial charge in [0, 0.05) is 24.2 Å². The zero-order valence-corrected chi connectivity index (χ0v) is 12.8. The first-order chi connectivity index (χ1) is 10.7. The van der Waals surface area contributed by atoms with Crippen LogP contribution in [-0.4, -0.2) is 33.0 Å². The summed E-state index contributed by atoms with van der Waals surface area (Å²) in [4.78, 5) is 18.4. The van der Waals surface area contributed by atoms with Crippen LogP contribution in [0.1, 0.15) is 16.2 Å². The van der Waals surface area contributed by atoms with Gasteiger partial charge >= 0.3 is 0 Å². The molecule has 0 fully saturated rings. The Kier molecular flexibility index (Phi) is 4.20. The van der Waals surface area contributed by atoms with Crippen molar-refractivity contribution in [3.05, 3.63) is 65.4 Å². The molecule has 3 aromatic rings. The van der Waals surface area contributed by atoms with Crippen molar-refractivity contribution in [2.24, 2.45) is 0 Å². The first-order valence-corrected chi connectivity index (χ1v) is 7.65. The highest BCUT2D eigenvalue weighted by molar-refractivity contribution is 7.13. The summed E-state index contributed by atoms with van der Waals surface area (Å²) in [5.41, 5.74) is 2.29. The second-order valence-electron chi connectivity index (χ2n) is 4.78. The van der Waals surface area contributed by atoms with Gasteiger partial charge in [0.2, 0.25) is 0 Å². The fourth-order valence-corrected chi connectivity index (χ4v) is 2.84. The van der Waals surface area contributed by atoms with Crippen molar-refractivity contribution in [3.8, 4) is 10.6 Å². The van der Waals surface area contributed by atoms with Crippen molar-refractivity contribution in [3.63, 3.8) is 0 Å². The molecular weight excluding hydrogens is 296 g/mol. The molecule has 0 spiro atoms. The zero-order valence-electron chi connectivity index (χ0n) is 12.0. The molecule has 0 aliphatic heterocycles. The van der Waals surface area contributed by atoms with E-state index in [1.807, 2.05) is 35.7 Å². The predicted octanol–water partition coefficient (Wildman–Crippen LogP) is 2.87. The molecule has 2 aromatic heterocycles. The third-order valence-corrected chi connectivity index (χ3v) is 4.05. The highest BCUT2D eigenvalue weighted by atomic mass is 32.1. The van der Waals surface area contributed by atoms with Gasteiger partial charge in [0.05, 0.1) is 12.2 Å². The maximum Gasteiger partial charge on any atom is 0.274 e. The Hall–Kier alpha value is -2.60. The molecular formula is C16H14N4OS. The zero-order chi connectivity index (χ0) is 15.4. The summed E-state index contributed by atoms with van der Waals surface area (Å²) in [7, 11) is 1.73. The third-order valence-electron chi connectivity index (χ3n) is 3.11. The Morgan fingerprint density at radius 1 is 1.18 bits per heavy atom. The third kappa shape index (κ3) is 3.17. The summed E-state index contributed by atoms with van der Waals surface area (Å²) in [5, 5.41) is 10.5. The Morgan fingerprint density at radius 2 is 2.00 bits per heavy atom. The second-order valence-corrected chi connectivity index (χ2v) is 5.64. The van der Waals surface area contributed by atoms with Crippen LogP contribution >= 0.6 is 11.3 Å². The molecule has 0 aliphatic rings. The van der Waals surface area contributed by atoms with Crippen LogP contribution in [-0.2, 0) is 6.54 Å². The van der Waals surface area contributed by atoms with Gasteiger partial charge in [-0.15, -0.1) is 16.4 Å². The van der Waals surface area contributed by atoms with Crippen molar-refractivity contribution in [2.75, 3.05) is 7.05 Å². The Balaban J connectivity index is 1.71. The van der Waals surface area contributed by atoms with Crippen molar-refractivity contribution in [1.82, 2.24) is 20.1 Å². The summed E-state index contributed by atoms with van der Waals surface area (Å²) < 4.78 is 0. The SMILES string of the molecule is CN(Cc1csc(-c2ccccc2)n1)C(=O)c1cccnn1. The van der Waals surface area contributed by atoms with E-state index in [1.54, 1.807) is 41.6 Å². The highest BCUT2D eigenvalue weighted by Gasteiger charge is 2.15. The van der Waals surface area contributed by atoms with Crippen molar-refractivity contribution >= 4 is 17.2 Å². The summed E-state index contributed by atoms with van der Waals surface area (Å²) in [6, 6.07) is 13.4. The van der Waals surface area contributed by atoms with E-state index >= 15 is 0 Å². The van der Waals surface area contributed by atoms with Crippen molar-refractivity contribution in [2.45, 2.75) is 6.54 Å². The highest BCUT2D eigenvalue weighted by Crippen LogP contribution is 2.23. The maximum atomic E-state index is 12.2. The minimum atomic E-state index is -0.164. The topological polar surface area (TPSA) is 59.0 Å². The lowest BCUT2D eigenvalue weighted by molar-refractivity contribution is 0.0776. The van der Waals surface area contributed by atoms with Gasteiger partial charge in [0.15, 0.2) is 5.69 Å². The molecule has 5 nitrogen and oxygen atoms in total. The number of benzene rings is 1. The minimum absolute atomic E-state index is 0.164. The summed E-state index contributed by atoms with van der Waals surface area (Å²) >= 11 is 1.58. The molecule has 0 unspecified atom stereocenters. The molecule has 0 saturated carbocycles. The summed E-state index contributed by atoms with van der Waals surface area (Å²) in [6.07, 6.45) is 1.54. The Morgan fingerprint density at radius 3 is 2.73 bits per heavy atom. The molecule has 1 amide bonds. The van der Waals surface area contributed by atoms with E-state index in [4.69, 9.17) is 0 Å². The van der Waals surface area contributed by atoms with E-state index in [2.05, 4.69) is 15.2 Å². The monoisotopic (exact) mass is 310 g/mol. The number of thiazole rings is 1. The van der Waals surface area contributed by atoms with Gasteiger partial charge < -0.3 is 4.90 Å². The first kappa shape index (κ1) is 14.3. The number of hydrogen-bond donors (Lipinski definition) is 0. The molecule has 22 heavy (non-hydrogen) atoms. The molecule has 0 radical (unpaired) electrons. The normalized spacial score (nSPS) is 10.4. The number of rotatable bonds is 4. The van der Waals surface area contributed by atoms with E-state index in [-0.39, 0.29) is 5.91 Å². The predicted molar refractivity (Wildman–Crippen MR) is 85.4 cm³/mol. The van der Waals surface area contributed by atoms with E-state index in [0.29, 0.717) is 12.2 Å². The molecule has 3 rings (SSSR count). The molecule has 0 saturated heterocycles. The smallest absolute Gasteiger partial charge is 0.274 e. The molecule has 1 aromatic carbocycles. The van der Waals surface area contributed by atoms with Gasteiger partial charge in [-0.2, -0.15) is 5.10 Å². The van der Waals surface area contributed by atoms with Crippen LogP contribution in [0.15, 0.2) is 54.0 Å². The van der Waals surface area contributed by atoms with Crippen LogP contribution in [0.4, 0.5) is 0 Å². The summed E-state index contributed by atoms with van der Waals surface area (Å²) in [5.74, 6) is -0.164. The molecule has 2 heterocycles. The van der Waals surface area contributed by atoms with Crippen molar-refractivity contribution < 1.29 is 4.79 Å². The standard InChI is InChI=1S/C16H14N4OS/c1-20(16(21)14-8-5-9-17-19-14)10-13-11-22-15(18-13)12-6-3-2-4-7-12/h2-9,11H,10H2,1H3. The van der Waals surface area contributed by atoms with Gasteiger partial charge in [0.1, 0.15) is 5.01 Å². The van der Waals surface area contributed by atoms with Crippen LogP contribution in [0.5, 0.6) is 0 Å². The molecule has 0 aliphatic carbocycles. The van der Waals surface area contributed by atoms with E-state index in [0.717, 1.165) is 16.3 Å². The van der Waals surface area contributed by atoms with Crippen LogP contribution < -0.4 is 0 Å². The lowest BCUT2D eigenvalue weighted by Gasteiger charge is -2.14. The van der Waals surface area contributed by atoms with E-state index in [1.165, 1.54) is 0 Å². The van der Waals surface area contributed by atoms with Gasteiger partial charge in [-0.1, -0.05) is 30.3 Å². The van der Waals surface area contributed by atoms with Crippen molar-refractivity contribution in [1.29, 1.82) is 0 Å². The van der Waals surface area contributed by atoms with E-state index < -0.39 is 0 Å². The number of nitrogens with zero attached hydrogens (tertiary/aromatic N) is 4. The molecule has 0 bridgehead atoms. The van der Waals surface area contributed by atoms with Gasteiger partial charge in [0.25, 0.3) is 5.91 Å². The number of aromatic nitrogens is 3.